The van der Waals surface area contributed by atoms with E-state index >= 15 is 0 Å². The Morgan fingerprint density at radius 3 is 2.48 bits per heavy atom. The smallest absolute Gasteiger partial charge is 0.327 e. The standard InChI is InChI=1S/C19H15N3O3/c23-18(15-10-11-21(20-15)14-7-2-1-3-8-14)22-16-9-5-4-6-13(16)12-17(22)19(24)25/h1-11,17H,12H2,(H,24,25). The Morgan fingerprint density at radius 1 is 1.00 bits per heavy atom. The maximum Gasteiger partial charge on any atom is 0.327 e. The van der Waals surface area contributed by atoms with Crippen molar-refractivity contribution >= 4 is 17.6 Å². The minimum atomic E-state index is -1.02. The number of aromatic nitrogens is 2. The lowest BCUT2D eigenvalue weighted by Crippen LogP contribution is -2.43. The molecule has 0 spiro atoms. The number of aliphatic carboxylic acids is 1. The summed E-state index contributed by atoms with van der Waals surface area (Å²) >= 11 is 0. The molecule has 4 rings (SSSR count). The molecule has 1 aliphatic rings. The topological polar surface area (TPSA) is 75.4 Å². The van der Waals surface area contributed by atoms with Gasteiger partial charge < -0.3 is 5.11 Å². The third-order valence-electron chi connectivity index (χ3n) is 4.31. The van der Waals surface area contributed by atoms with E-state index in [-0.39, 0.29) is 5.69 Å². The highest BCUT2D eigenvalue weighted by atomic mass is 16.4. The Balaban J connectivity index is 1.70. The average molecular weight is 333 g/mol. The van der Waals surface area contributed by atoms with Crippen molar-refractivity contribution in [2.75, 3.05) is 4.90 Å². The van der Waals surface area contributed by atoms with Gasteiger partial charge in [0.2, 0.25) is 0 Å². The normalized spacial score (nSPS) is 15.8. The second kappa shape index (κ2) is 5.90. The third kappa shape index (κ3) is 2.57. The van der Waals surface area contributed by atoms with E-state index in [1.165, 1.54) is 4.90 Å². The van der Waals surface area contributed by atoms with E-state index in [0.29, 0.717) is 12.1 Å². The molecule has 0 aliphatic carbocycles. The van der Waals surface area contributed by atoms with E-state index in [2.05, 4.69) is 5.10 Å². The molecule has 3 aromatic rings. The molecule has 124 valence electrons. The summed E-state index contributed by atoms with van der Waals surface area (Å²) in [5.74, 6) is -1.43. The van der Waals surface area contributed by atoms with Crippen LogP contribution in [0.1, 0.15) is 16.1 Å². The molecule has 6 nitrogen and oxygen atoms in total. The SMILES string of the molecule is O=C(O)C1Cc2ccccc2N1C(=O)c1ccn(-c2ccccc2)n1. The van der Waals surface area contributed by atoms with Gasteiger partial charge in [0.1, 0.15) is 6.04 Å². The first-order valence-corrected chi connectivity index (χ1v) is 7.90. The van der Waals surface area contributed by atoms with Crippen LogP contribution in [-0.2, 0) is 11.2 Å². The zero-order valence-corrected chi connectivity index (χ0v) is 13.2. The summed E-state index contributed by atoms with van der Waals surface area (Å²) in [6, 6.07) is 17.4. The third-order valence-corrected chi connectivity index (χ3v) is 4.31. The van der Waals surface area contributed by atoms with E-state index in [9.17, 15) is 14.7 Å². The van der Waals surface area contributed by atoms with Gasteiger partial charge in [0, 0.05) is 18.3 Å². The van der Waals surface area contributed by atoms with Crippen LogP contribution in [0, 0.1) is 0 Å². The summed E-state index contributed by atoms with van der Waals surface area (Å²) in [4.78, 5) is 25.9. The van der Waals surface area contributed by atoms with Crippen LogP contribution in [0.15, 0.2) is 66.9 Å². The van der Waals surface area contributed by atoms with Gasteiger partial charge in [-0.1, -0.05) is 36.4 Å². The van der Waals surface area contributed by atoms with Crippen molar-refractivity contribution in [2.24, 2.45) is 0 Å². The van der Waals surface area contributed by atoms with Crippen molar-refractivity contribution in [1.29, 1.82) is 0 Å². The number of amides is 1. The fourth-order valence-electron chi connectivity index (χ4n) is 3.12. The minimum Gasteiger partial charge on any atom is -0.480 e. The molecule has 1 unspecified atom stereocenters. The number of anilines is 1. The molecular formula is C19H15N3O3. The molecule has 25 heavy (non-hydrogen) atoms. The molecule has 1 atom stereocenters. The summed E-state index contributed by atoms with van der Waals surface area (Å²) in [5.41, 5.74) is 2.53. The van der Waals surface area contributed by atoms with Crippen molar-refractivity contribution in [2.45, 2.75) is 12.5 Å². The van der Waals surface area contributed by atoms with Gasteiger partial charge in [-0.25, -0.2) is 9.48 Å². The van der Waals surface area contributed by atoms with E-state index < -0.39 is 17.9 Å². The Bertz CT molecular complexity index is 949. The number of carboxylic acid groups (broad SMARTS) is 1. The Labute approximate surface area is 143 Å². The summed E-state index contributed by atoms with van der Waals surface area (Å²) in [5, 5.41) is 13.8. The first-order chi connectivity index (χ1) is 12.1. The maximum atomic E-state index is 13.0. The lowest BCUT2D eigenvalue weighted by Gasteiger charge is -2.21. The molecule has 1 N–H and O–H groups in total. The molecule has 0 bridgehead atoms. The molecule has 0 radical (unpaired) electrons. The molecular weight excluding hydrogens is 318 g/mol. The van der Waals surface area contributed by atoms with Crippen LogP contribution < -0.4 is 4.90 Å². The Hall–Kier alpha value is -3.41. The highest BCUT2D eigenvalue weighted by Crippen LogP contribution is 2.33. The monoisotopic (exact) mass is 333 g/mol. The van der Waals surface area contributed by atoms with Crippen LogP contribution >= 0.6 is 0 Å². The molecule has 0 saturated heterocycles. The van der Waals surface area contributed by atoms with E-state index in [1.807, 2.05) is 42.5 Å². The first-order valence-electron chi connectivity index (χ1n) is 7.90. The van der Waals surface area contributed by atoms with Crippen LogP contribution in [-0.4, -0.2) is 32.8 Å². The van der Waals surface area contributed by atoms with Crippen molar-refractivity contribution in [3.05, 3.63) is 78.1 Å². The predicted molar refractivity (Wildman–Crippen MR) is 91.9 cm³/mol. The summed E-state index contributed by atoms with van der Waals surface area (Å²) in [6.45, 7) is 0. The lowest BCUT2D eigenvalue weighted by atomic mass is 10.1. The molecule has 1 amide bonds. The van der Waals surface area contributed by atoms with Crippen molar-refractivity contribution in [1.82, 2.24) is 9.78 Å². The van der Waals surface area contributed by atoms with Crippen molar-refractivity contribution < 1.29 is 14.7 Å². The van der Waals surface area contributed by atoms with E-state index in [1.54, 1.807) is 29.1 Å². The average Bonchev–Trinajstić information content (AvgIpc) is 3.27. The number of fused-ring (bicyclic) bond motifs is 1. The van der Waals surface area contributed by atoms with E-state index in [4.69, 9.17) is 0 Å². The zero-order chi connectivity index (χ0) is 17.4. The molecule has 2 heterocycles. The van der Waals surface area contributed by atoms with Crippen LogP contribution in [0.3, 0.4) is 0 Å². The maximum absolute atomic E-state index is 13.0. The molecule has 0 fully saturated rings. The second-order valence-corrected chi connectivity index (χ2v) is 5.84. The summed E-state index contributed by atoms with van der Waals surface area (Å²) < 4.78 is 1.60. The first kappa shape index (κ1) is 15.1. The lowest BCUT2D eigenvalue weighted by molar-refractivity contribution is -0.138. The Morgan fingerprint density at radius 2 is 1.72 bits per heavy atom. The molecule has 6 heteroatoms. The number of para-hydroxylation sites is 2. The molecule has 1 aromatic heterocycles. The fourth-order valence-corrected chi connectivity index (χ4v) is 3.12. The van der Waals surface area contributed by atoms with Gasteiger partial charge in [0.05, 0.1) is 5.69 Å². The number of nitrogens with zero attached hydrogens (tertiary/aromatic N) is 3. The minimum absolute atomic E-state index is 0.215. The van der Waals surface area contributed by atoms with Gasteiger partial charge in [-0.3, -0.25) is 9.69 Å². The van der Waals surface area contributed by atoms with Gasteiger partial charge in [0.25, 0.3) is 5.91 Å². The highest BCUT2D eigenvalue weighted by molar-refractivity contribution is 6.09. The number of benzene rings is 2. The van der Waals surface area contributed by atoms with Gasteiger partial charge in [0.15, 0.2) is 5.69 Å². The number of rotatable bonds is 3. The van der Waals surface area contributed by atoms with Gasteiger partial charge in [-0.15, -0.1) is 0 Å². The number of hydrogen-bond donors (Lipinski definition) is 1. The highest BCUT2D eigenvalue weighted by Gasteiger charge is 2.39. The van der Waals surface area contributed by atoms with Crippen LogP contribution in [0.2, 0.25) is 0 Å². The number of carboxylic acids is 1. The predicted octanol–water partition coefficient (Wildman–Crippen LogP) is 2.53. The van der Waals surface area contributed by atoms with Crippen molar-refractivity contribution in [3.8, 4) is 5.69 Å². The molecule has 1 aliphatic heterocycles. The largest absolute Gasteiger partial charge is 0.480 e. The van der Waals surface area contributed by atoms with Crippen LogP contribution in [0.5, 0.6) is 0 Å². The van der Waals surface area contributed by atoms with Crippen molar-refractivity contribution in [3.63, 3.8) is 0 Å². The quantitative estimate of drug-likeness (QED) is 0.799. The molecule has 0 saturated carbocycles. The molecule has 2 aromatic carbocycles. The summed E-state index contributed by atoms with van der Waals surface area (Å²) in [7, 11) is 0. The summed E-state index contributed by atoms with van der Waals surface area (Å²) in [6.07, 6.45) is 2.00. The van der Waals surface area contributed by atoms with Crippen LogP contribution in [0.25, 0.3) is 5.69 Å². The van der Waals surface area contributed by atoms with E-state index in [0.717, 1.165) is 11.3 Å². The van der Waals surface area contributed by atoms with Gasteiger partial charge >= 0.3 is 5.97 Å². The second-order valence-electron chi connectivity index (χ2n) is 5.84. The van der Waals surface area contributed by atoms with Gasteiger partial charge in [-0.05, 0) is 29.8 Å². The van der Waals surface area contributed by atoms with Crippen LogP contribution in [0.4, 0.5) is 5.69 Å². The van der Waals surface area contributed by atoms with Gasteiger partial charge in [-0.2, -0.15) is 5.10 Å². The number of carbonyl (C=O) groups is 2. The zero-order valence-electron chi connectivity index (χ0n) is 13.2. The number of carbonyl (C=O) groups excluding carboxylic acids is 1. The number of hydrogen-bond acceptors (Lipinski definition) is 3. The Kier molecular flexibility index (Phi) is 3.57. The fraction of sp³-hybridized carbons (Fsp3) is 0.105.